The largest absolute Gasteiger partial charge is 0.486 e. The van der Waals surface area contributed by atoms with E-state index in [1.165, 1.54) is 0 Å². The molecule has 2 aromatic carbocycles. The number of benzene rings is 2. The molecule has 2 heterocycles. The summed E-state index contributed by atoms with van der Waals surface area (Å²) >= 11 is 0. The highest BCUT2D eigenvalue weighted by Crippen LogP contribution is 2.30. The Morgan fingerprint density at radius 2 is 1.83 bits per heavy atom. The first-order valence-electron chi connectivity index (χ1n) is 9.69. The van der Waals surface area contributed by atoms with Crippen molar-refractivity contribution in [2.75, 3.05) is 13.2 Å². The fraction of sp³-hybridized carbons (Fsp3) is 0.304. The topological polar surface area (TPSA) is 77.8 Å². The zero-order valence-electron chi connectivity index (χ0n) is 16.5. The average Bonchev–Trinajstić information content (AvgIpc) is 2.71. The highest BCUT2D eigenvalue weighted by Gasteiger charge is 2.14. The van der Waals surface area contributed by atoms with Crippen LogP contribution in [-0.4, -0.2) is 19.1 Å². The molecule has 1 amide bonds. The van der Waals surface area contributed by atoms with Crippen LogP contribution in [0.1, 0.15) is 28.7 Å². The van der Waals surface area contributed by atoms with Crippen LogP contribution in [0.25, 0.3) is 11.0 Å². The first kappa shape index (κ1) is 19.1. The Morgan fingerprint density at radius 1 is 1.03 bits per heavy atom. The summed E-state index contributed by atoms with van der Waals surface area (Å²) in [4.78, 5) is 24.7. The van der Waals surface area contributed by atoms with Gasteiger partial charge in [0, 0.05) is 23.9 Å². The van der Waals surface area contributed by atoms with Gasteiger partial charge in [-0.1, -0.05) is 18.2 Å². The molecule has 1 aromatic heterocycles. The summed E-state index contributed by atoms with van der Waals surface area (Å²) < 4.78 is 16.5. The molecule has 150 valence electrons. The van der Waals surface area contributed by atoms with Crippen LogP contribution in [0, 0.1) is 13.8 Å². The average molecular weight is 393 g/mol. The molecule has 1 N–H and O–H groups in total. The van der Waals surface area contributed by atoms with Crippen molar-refractivity contribution in [2.24, 2.45) is 0 Å². The van der Waals surface area contributed by atoms with E-state index in [4.69, 9.17) is 13.9 Å². The highest BCUT2D eigenvalue weighted by molar-refractivity contribution is 5.82. The maximum Gasteiger partial charge on any atom is 0.339 e. The molecule has 6 nitrogen and oxygen atoms in total. The number of ether oxygens (including phenoxy) is 2. The van der Waals surface area contributed by atoms with Crippen molar-refractivity contribution >= 4 is 16.9 Å². The Hall–Kier alpha value is -3.28. The third kappa shape index (κ3) is 4.11. The van der Waals surface area contributed by atoms with Crippen molar-refractivity contribution in [3.63, 3.8) is 0 Å². The van der Waals surface area contributed by atoms with Gasteiger partial charge in [0.15, 0.2) is 11.5 Å². The Morgan fingerprint density at radius 3 is 2.66 bits per heavy atom. The Kier molecular flexibility index (Phi) is 5.25. The lowest BCUT2D eigenvalue weighted by molar-refractivity contribution is -0.121. The first-order valence-corrected chi connectivity index (χ1v) is 9.69. The summed E-state index contributed by atoms with van der Waals surface area (Å²) in [5.41, 5.74) is 3.59. The van der Waals surface area contributed by atoms with E-state index in [1.54, 1.807) is 0 Å². The van der Waals surface area contributed by atoms with Crippen LogP contribution in [0.15, 0.2) is 45.6 Å². The lowest BCUT2D eigenvalue weighted by Crippen LogP contribution is -2.24. The number of fused-ring (bicyclic) bond motifs is 2. The van der Waals surface area contributed by atoms with Crippen LogP contribution in [0.5, 0.6) is 11.5 Å². The second-order valence-corrected chi connectivity index (χ2v) is 7.25. The van der Waals surface area contributed by atoms with Crippen LogP contribution < -0.4 is 20.4 Å². The minimum Gasteiger partial charge on any atom is -0.486 e. The first-order chi connectivity index (χ1) is 14.0. The predicted octanol–water partition coefficient (Wildman–Crippen LogP) is 3.43. The van der Waals surface area contributed by atoms with Gasteiger partial charge in [0.05, 0.1) is 0 Å². The van der Waals surface area contributed by atoms with Crippen LogP contribution in [-0.2, 0) is 17.8 Å². The maximum absolute atomic E-state index is 12.4. The quantitative estimate of drug-likeness (QED) is 0.672. The highest BCUT2D eigenvalue weighted by atomic mass is 16.6. The van der Waals surface area contributed by atoms with E-state index in [9.17, 15) is 9.59 Å². The smallest absolute Gasteiger partial charge is 0.339 e. The van der Waals surface area contributed by atoms with E-state index in [0.717, 1.165) is 27.8 Å². The van der Waals surface area contributed by atoms with E-state index in [2.05, 4.69) is 5.32 Å². The molecule has 1 aliphatic heterocycles. The minimum absolute atomic E-state index is 0.123. The third-order valence-electron chi connectivity index (χ3n) is 5.14. The van der Waals surface area contributed by atoms with Crippen molar-refractivity contribution in [1.82, 2.24) is 5.32 Å². The van der Waals surface area contributed by atoms with Crippen molar-refractivity contribution in [1.29, 1.82) is 0 Å². The van der Waals surface area contributed by atoms with E-state index in [1.807, 2.05) is 50.2 Å². The van der Waals surface area contributed by atoms with Gasteiger partial charge in [-0.3, -0.25) is 4.79 Å². The fourth-order valence-electron chi connectivity index (χ4n) is 3.52. The summed E-state index contributed by atoms with van der Waals surface area (Å²) in [6.45, 7) is 5.31. The van der Waals surface area contributed by atoms with E-state index in [-0.39, 0.29) is 18.0 Å². The van der Waals surface area contributed by atoms with Crippen LogP contribution in [0.2, 0.25) is 0 Å². The minimum atomic E-state index is -0.375. The molecule has 0 radical (unpaired) electrons. The summed E-state index contributed by atoms with van der Waals surface area (Å²) in [5.74, 6) is 1.30. The molecule has 0 aliphatic carbocycles. The van der Waals surface area contributed by atoms with Gasteiger partial charge in [-0.15, -0.1) is 0 Å². The van der Waals surface area contributed by atoms with Crippen LogP contribution in [0.3, 0.4) is 0 Å². The Labute approximate surface area is 168 Å². The van der Waals surface area contributed by atoms with Crippen molar-refractivity contribution in [2.45, 2.75) is 33.2 Å². The molecular formula is C23H23NO5. The molecule has 0 saturated heterocycles. The molecule has 3 aromatic rings. The number of rotatable bonds is 5. The molecule has 4 rings (SSSR count). The number of carbonyl (C=O) groups excluding carboxylic acids is 1. The van der Waals surface area contributed by atoms with Gasteiger partial charge in [0.1, 0.15) is 18.8 Å². The molecule has 0 atom stereocenters. The maximum atomic E-state index is 12.4. The molecule has 0 bridgehead atoms. The molecule has 0 fully saturated rings. The molecule has 1 aliphatic rings. The number of hydrogen-bond donors (Lipinski definition) is 1. The zero-order chi connectivity index (χ0) is 20.4. The molecule has 0 spiro atoms. The van der Waals surface area contributed by atoms with Gasteiger partial charge in [-0.25, -0.2) is 4.79 Å². The van der Waals surface area contributed by atoms with Gasteiger partial charge < -0.3 is 19.2 Å². The van der Waals surface area contributed by atoms with Gasteiger partial charge in [0.2, 0.25) is 5.91 Å². The number of hydrogen-bond acceptors (Lipinski definition) is 5. The monoisotopic (exact) mass is 393 g/mol. The van der Waals surface area contributed by atoms with E-state index < -0.39 is 0 Å². The molecular weight excluding hydrogens is 370 g/mol. The van der Waals surface area contributed by atoms with Gasteiger partial charge in [-0.2, -0.15) is 0 Å². The van der Waals surface area contributed by atoms with Crippen LogP contribution in [0.4, 0.5) is 0 Å². The van der Waals surface area contributed by atoms with E-state index in [0.29, 0.717) is 43.1 Å². The van der Waals surface area contributed by atoms with Gasteiger partial charge in [0.25, 0.3) is 0 Å². The number of carbonyl (C=O) groups is 1. The fourth-order valence-corrected chi connectivity index (χ4v) is 3.52. The van der Waals surface area contributed by atoms with Crippen molar-refractivity contribution in [3.05, 3.63) is 69.1 Å². The van der Waals surface area contributed by atoms with Crippen molar-refractivity contribution in [3.8, 4) is 11.5 Å². The summed E-state index contributed by atoms with van der Waals surface area (Å²) in [6.07, 6.45) is 0.554. The zero-order valence-corrected chi connectivity index (χ0v) is 16.5. The Bertz CT molecular complexity index is 1130. The third-order valence-corrected chi connectivity index (χ3v) is 5.14. The second-order valence-electron chi connectivity index (χ2n) is 7.25. The standard InChI is InChI=1S/C23H23NO5/c1-14-3-5-17-15(2)18(23(26)29-20(17)11-14)6-8-22(25)24-13-16-4-7-19-21(12-16)28-10-9-27-19/h3-5,7,11-12H,6,8-10,13H2,1-2H3,(H,24,25). The second kappa shape index (κ2) is 7.99. The lowest BCUT2D eigenvalue weighted by Gasteiger charge is -2.19. The van der Waals surface area contributed by atoms with E-state index >= 15 is 0 Å². The number of nitrogens with one attached hydrogen (secondary N) is 1. The molecule has 0 saturated carbocycles. The van der Waals surface area contributed by atoms with Crippen LogP contribution >= 0.6 is 0 Å². The molecule has 0 unspecified atom stereocenters. The molecule has 29 heavy (non-hydrogen) atoms. The molecule has 6 heteroatoms. The SMILES string of the molecule is Cc1ccc2c(C)c(CCC(=O)NCc3ccc4c(c3)OCCO4)c(=O)oc2c1. The van der Waals surface area contributed by atoms with Crippen molar-refractivity contribution < 1.29 is 18.7 Å². The summed E-state index contributed by atoms with van der Waals surface area (Å²) in [5, 5.41) is 3.80. The van der Waals surface area contributed by atoms with Gasteiger partial charge in [-0.05, 0) is 55.2 Å². The number of amides is 1. The Balaban J connectivity index is 1.40. The summed E-state index contributed by atoms with van der Waals surface area (Å²) in [6, 6.07) is 11.4. The van der Waals surface area contributed by atoms with Gasteiger partial charge >= 0.3 is 5.63 Å². The predicted molar refractivity (Wildman–Crippen MR) is 110 cm³/mol. The normalized spacial score (nSPS) is 12.8. The lowest BCUT2D eigenvalue weighted by atomic mass is 10.0. The number of aryl methyl sites for hydroxylation is 2. The summed E-state index contributed by atoms with van der Waals surface area (Å²) in [7, 11) is 0.